The summed E-state index contributed by atoms with van der Waals surface area (Å²) >= 11 is 0. The molecule has 0 fully saturated rings. The van der Waals surface area contributed by atoms with Crippen molar-refractivity contribution in [1.82, 2.24) is 4.98 Å². The second-order valence-electron chi connectivity index (χ2n) is 17.5. The van der Waals surface area contributed by atoms with E-state index >= 15 is 0 Å². The molecule has 4 aliphatic heterocycles. The summed E-state index contributed by atoms with van der Waals surface area (Å²) in [5.41, 5.74) is 14.3. The normalized spacial score (nSPS) is 17.8. The van der Waals surface area contributed by atoms with E-state index in [4.69, 9.17) is 15.0 Å². The number of fused-ring (bicyclic) bond motifs is 5. The van der Waals surface area contributed by atoms with Crippen molar-refractivity contribution < 1.29 is 30.0 Å². The molecule has 1 aromatic rings. The second kappa shape index (κ2) is 22.5. The van der Waals surface area contributed by atoms with Crippen LogP contribution in [0.15, 0.2) is 137 Å². The molecule has 338 valence electrons. The number of hydrogen-bond donors (Lipinski definition) is 5. The van der Waals surface area contributed by atoms with Crippen molar-refractivity contribution in [1.29, 1.82) is 0 Å². The standard InChI is InChI=1S/C54H66N4O6/c1-10-39-36(7)44-29-50-54(51(60)22-14-21-35(6)20-13-19-34(5)18-12-17-33(4)16-11-15-32(2)3)38(9)45(57-50)28-49-42(31-59)41(24-26-53(63)64)48(58-49)30-47-40(23-25-52(61)62)37(8)43(56-47)27-46(39)55-44/h10,15,17,19,21,27-31,51,55,59-60H,1,11-14,16,18,20,22-26H2,2-9H3,(H,61,62)(H,63,64)/b33-17-,34-19+,35-21-,42-31?,44-29?,45-28?,46-27?,47-30?/t51-/m0/s1. The number of carboxylic acid groups (broad SMARTS) is 2. The number of carbonyl (C=O) groups is 2. The van der Waals surface area contributed by atoms with Gasteiger partial charge in [0.25, 0.3) is 0 Å². The van der Waals surface area contributed by atoms with Gasteiger partial charge in [0.15, 0.2) is 0 Å². The Kier molecular flexibility index (Phi) is 17.2. The summed E-state index contributed by atoms with van der Waals surface area (Å²) in [6.45, 7) is 20.8. The molecule has 0 saturated carbocycles. The largest absolute Gasteiger partial charge is 0.515 e. The van der Waals surface area contributed by atoms with E-state index in [-0.39, 0.29) is 25.7 Å². The quantitative estimate of drug-likeness (QED) is 0.0646. The number of carboxylic acids is 2. The molecule has 0 aliphatic carbocycles. The third-order valence-corrected chi connectivity index (χ3v) is 12.3. The van der Waals surface area contributed by atoms with E-state index in [1.165, 1.54) is 22.3 Å². The van der Waals surface area contributed by atoms with Crippen LogP contribution in [0.5, 0.6) is 0 Å². The lowest BCUT2D eigenvalue weighted by Gasteiger charge is -2.13. The van der Waals surface area contributed by atoms with Gasteiger partial charge in [0, 0.05) is 40.2 Å². The molecule has 64 heavy (non-hydrogen) atoms. The molecule has 10 heteroatoms. The van der Waals surface area contributed by atoms with E-state index < -0.39 is 18.0 Å². The van der Waals surface area contributed by atoms with Crippen molar-refractivity contribution >= 4 is 47.3 Å². The van der Waals surface area contributed by atoms with Gasteiger partial charge >= 0.3 is 11.9 Å². The van der Waals surface area contributed by atoms with Gasteiger partial charge in [0.2, 0.25) is 0 Å². The minimum atomic E-state index is -1.00. The Hall–Kier alpha value is -6.13. The fourth-order valence-electron chi connectivity index (χ4n) is 8.45. The summed E-state index contributed by atoms with van der Waals surface area (Å²) in [7, 11) is 0. The Morgan fingerprint density at radius 3 is 1.81 bits per heavy atom. The first-order valence-electron chi connectivity index (χ1n) is 22.5. The molecule has 0 amide bonds. The molecule has 1 atom stereocenters. The number of rotatable bonds is 20. The molecule has 0 unspecified atom stereocenters. The van der Waals surface area contributed by atoms with Crippen LogP contribution in [0.1, 0.15) is 137 Å². The number of nitrogens with zero attached hydrogens (tertiary/aromatic N) is 3. The number of aliphatic hydroxyl groups is 2. The summed E-state index contributed by atoms with van der Waals surface area (Å²) in [5, 5.41) is 43.4. The fraction of sp³-hybridized carbons (Fsp3) is 0.389. The third kappa shape index (κ3) is 12.5. The molecular formula is C54H66N4O6. The van der Waals surface area contributed by atoms with Crippen molar-refractivity contribution in [2.24, 2.45) is 15.0 Å². The summed E-state index contributed by atoms with van der Waals surface area (Å²) < 4.78 is 0. The van der Waals surface area contributed by atoms with Crippen LogP contribution in [0.4, 0.5) is 0 Å². The Labute approximate surface area is 378 Å². The number of aliphatic hydroxyl groups excluding tert-OH is 2. The molecule has 0 spiro atoms. The summed E-state index contributed by atoms with van der Waals surface area (Å²) in [4.78, 5) is 42.0. The van der Waals surface area contributed by atoms with Crippen molar-refractivity contribution in [3.63, 3.8) is 0 Å². The van der Waals surface area contributed by atoms with Gasteiger partial charge < -0.3 is 25.4 Å². The summed E-state index contributed by atoms with van der Waals surface area (Å²) in [5.74, 6) is -1.94. The topological polar surface area (TPSA) is 168 Å². The maximum Gasteiger partial charge on any atom is 0.303 e. The van der Waals surface area contributed by atoms with E-state index in [2.05, 4.69) is 70.5 Å². The van der Waals surface area contributed by atoms with Crippen LogP contribution < -0.4 is 10.7 Å². The first-order valence-corrected chi connectivity index (χ1v) is 22.5. The Morgan fingerprint density at radius 1 is 0.672 bits per heavy atom. The van der Waals surface area contributed by atoms with Crippen LogP contribution in [0, 0.1) is 6.92 Å². The number of allylic oxidation sites excluding steroid dienone is 15. The number of nitrogens with one attached hydrogen (secondary N) is 1. The highest BCUT2D eigenvalue weighted by molar-refractivity contribution is 6.25. The van der Waals surface area contributed by atoms with Gasteiger partial charge in [-0.05, 0) is 172 Å². The number of aromatic nitrogens is 1. The highest BCUT2D eigenvalue weighted by Gasteiger charge is 2.30. The smallest absolute Gasteiger partial charge is 0.303 e. The maximum absolute atomic E-state index is 11.9. The Morgan fingerprint density at radius 2 is 1.23 bits per heavy atom. The van der Waals surface area contributed by atoms with E-state index in [0.717, 1.165) is 83.3 Å². The van der Waals surface area contributed by atoms with Crippen LogP contribution in [-0.4, -0.2) is 60.6 Å². The molecule has 8 bridgehead atoms. The number of H-pyrrole nitrogens is 1. The first-order chi connectivity index (χ1) is 30.5. The fourth-order valence-corrected chi connectivity index (χ4v) is 8.45. The maximum atomic E-state index is 11.9. The van der Waals surface area contributed by atoms with E-state index in [1.807, 2.05) is 32.9 Å². The van der Waals surface area contributed by atoms with Crippen molar-refractivity contribution in [3.8, 4) is 0 Å². The Balaban J connectivity index is 1.46. The molecule has 1 aromatic heterocycles. The van der Waals surface area contributed by atoms with Crippen molar-refractivity contribution in [2.45, 2.75) is 139 Å². The SMILES string of the molecule is C=Cc1c(C)c2[nH]c1=CC1=NC(=CC3=C(CCC(=O)O)C(=CO)C(=N3)C=C3N=C(C=2)C([C@@H](O)CC/C=C(/C)CC/C=C(\C)CC/C=C(/C)CCC=C(C)C)=C3C)C(CCC(=O)O)=C1C. The summed E-state index contributed by atoms with van der Waals surface area (Å²) in [6.07, 6.45) is 25.9. The van der Waals surface area contributed by atoms with Crippen molar-refractivity contribution in [3.05, 3.63) is 144 Å². The lowest BCUT2D eigenvalue weighted by atomic mass is 9.94. The monoisotopic (exact) mass is 866 g/mol. The van der Waals surface area contributed by atoms with Crippen LogP contribution in [-0.2, 0) is 9.59 Å². The molecule has 0 aromatic carbocycles. The minimum absolute atomic E-state index is 0.0817. The molecule has 0 saturated heterocycles. The van der Waals surface area contributed by atoms with Gasteiger partial charge in [-0.15, -0.1) is 0 Å². The number of aliphatic carboxylic acids is 2. The zero-order valence-corrected chi connectivity index (χ0v) is 39.0. The molecule has 5 heterocycles. The van der Waals surface area contributed by atoms with Gasteiger partial charge in [-0.25, -0.2) is 15.0 Å². The summed E-state index contributed by atoms with van der Waals surface area (Å²) in [6, 6.07) is 0. The third-order valence-electron chi connectivity index (χ3n) is 12.3. The highest BCUT2D eigenvalue weighted by Crippen LogP contribution is 2.38. The van der Waals surface area contributed by atoms with E-state index in [1.54, 1.807) is 18.2 Å². The van der Waals surface area contributed by atoms with E-state index in [9.17, 15) is 30.0 Å². The van der Waals surface area contributed by atoms with E-state index in [0.29, 0.717) is 63.8 Å². The van der Waals surface area contributed by atoms with Crippen LogP contribution in [0.25, 0.3) is 18.2 Å². The van der Waals surface area contributed by atoms with Gasteiger partial charge in [-0.3, -0.25) is 9.59 Å². The zero-order chi connectivity index (χ0) is 46.7. The van der Waals surface area contributed by atoms with Crippen LogP contribution in [0.2, 0.25) is 0 Å². The molecule has 10 nitrogen and oxygen atoms in total. The average Bonchev–Trinajstić information content (AvgIpc) is 3.91. The molecule has 4 aliphatic rings. The molecule has 0 radical (unpaired) electrons. The molecule has 5 N–H and O–H groups in total. The highest BCUT2D eigenvalue weighted by atomic mass is 16.4. The number of hydrogen-bond acceptors (Lipinski definition) is 7. The second-order valence-corrected chi connectivity index (χ2v) is 17.5. The van der Waals surface area contributed by atoms with Crippen LogP contribution in [0.3, 0.4) is 0 Å². The van der Waals surface area contributed by atoms with Gasteiger partial charge in [0.05, 0.1) is 46.6 Å². The predicted molar refractivity (Wildman–Crippen MR) is 263 cm³/mol. The van der Waals surface area contributed by atoms with Gasteiger partial charge in [-0.2, -0.15) is 0 Å². The first kappa shape index (κ1) is 48.9. The molecule has 5 rings (SSSR count). The predicted octanol–water partition coefficient (Wildman–Crippen LogP) is 11.0. The lowest BCUT2D eigenvalue weighted by molar-refractivity contribution is -0.137. The Bertz CT molecular complexity index is 2610. The lowest BCUT2D eigenvalue weighted by Crippen LogP contribution is -2.20. The minimum Gasteiger partial charge on any atom is -0.515 e. The zero-order valence-electron chi connectivity index (χ0n) is 39.0. The van der Waals surface area contributed by atoms with Crippen LogP contribution >= 0.6 is 0 Å². The van der Waals surface area contributed by atoms with Gasteiger partial charge in [-0.1, -0.05) is 59.3 Å². The number of aliphatic imine (C=N–C) groups is 3. The number of aromatic amines is 1. The average molecular weight is 867 g/mol. The van der Waals surface area contributed by atoms with Gasteiger partial charge in [0.1, 0.15) is 0 Å². The molecular weight excluding hydrogens is 801 g/mol. The van der Waals surface area contributed by atoms with Crippen molar-refractivity contribution in [2.75, 3.05) is 0 Å².